The highest BCUT2D eigenvalue weighted by Crippen LogP contribution is 2.39. The molecule has 2 aliphatic rings. The summed E-state index contributed by atoms with van der Waals surface area (Å²) in [6, 6.07) is 7.54. The average Bonchev–Trinajstić information content (AvgIpc) is 2.63. The van der Waals surface area contributed by atoms with E-state index in [0.29, 0.717) is 5.56 Å². The molecule has 1 aromatic rings. The van der Waals surface area contributed by atoms with Crippen LogP contribution < -0.4 is 0 Å². The van der Waals surface area contributed by atoms with Gasteiger partial charge in [0.15, 0.2) is 11.6 Å². The maximum Gasteiger partial charge on any atom is 0.159 e. The van der Waals surface area contributed by atoms with Crippen molar-refractivity contribution in [3.8, 4) is 11.8 Å². The van der Waals surface area contributed by atoms with Gasteiger partial charge in [0, 0.05) is 28.2 Å². The summed E-state index contributed by atoms with van der Waals surface area (Å²) in [6.45, 7) is 6.98. The molecule has 0 heterocycles. The van der Waals surface area contributed by atoms with Crippen molar-refractivity contribution < 1.29 is 9.59 Å². The van der Waals surface area contributed by atoms with Crippen molar-refractivity contribution in [2.45, 2.75) is 27.7 Å². The van der Waals surface area contributed by atoms with E-state index in [1.54, 1.807) is 13.8 Å². The Morgan fingerprint density at radius 2 is 1.73 bits per heavy atom. The van der Waals surface area contributed by atoms with Crippen molar-refractivity contribution in [2.75, 3.05) is 0 Å². The number of ketones is 2. The maximum absolute atomic E-state index is 11.7. The Balaban J connectivity index is 2.19. The van der Waals surface area contributed by atoms with E-state index in [1.807, 2.05) is 56.3 Å². The molecule has 0 fully saturated rings. The lowest BCUT2D eigenvalue weighted by Gasteiger charge is -2.25. The highest BCUT2D eigenvalue weighted by Gasteiger charge is 2.26. The van der Waals surface area contributed by atoms with Gasteiger partial charge in [-0.1, -0.05) is 48.4 Å². The van der Waals surface area contributed by atoms with E-state index >= 15 is 0 Å². The van der Waals surface area contributed by atoms with Crippen molar-refractivity contribution in [3.05, 3.63) is 81.6 Å². The largest absolute Gasteiger partial charge is 0.295 e. The van der Waals surface area contributed by atoms with Crippen molar-refractivity contribution in [1.29, 1.82) is 0 Å². The lowest BCUT2D eigenvalue weighted by molar-refractivity contribution is -0.113. The molecule has 1 unspecified atom stereocenters. The Labute approximate surface area is 154 Å². The van der Waals surface area contributed by atoms with Crippen LogP contribution in [0.3, 0.4) is 0 Å². The van der Waals surface area contributed by atoms with Gasteiger partial charge in [-0.25, -0.2) is 0 Å². The zero-order valence-corrected chi connectivity index (χ0v) is 15.4. The second-order valence-electron chi connectivity index (χ2n) is 6.51. The lowest BCUT2D eigenvalue weighted by atomic mass is 9.77. The SMILES string of the molecule is CC#CC1=C2C=CC(C(C)=O)=CC2C(C)=C=C1c1ccc(C(C)=O)cc1. The number of benzene rings is 1. The van der Waals surface area contributed by atoms with Crippen molar-refractivity contribution in [3.63, 3.8) is 0 Å². The van der Waals surface area contributed by atoms with Crippen LogP contribution in [-0.4, -0.2) is 11.6 Å². The average molecular weight is 340 g/mol. The van der Waals surface area contributed by atoms with Gasteiger partial charge in [0.1, 0.15) is 0 Å². The lowest BCUT2D eigenvalue weighted by Crippen LogP contribution is -2.14. The number of hydrogen-bond acceptors (Lipinski definition) is 2. The first kappa shape index (κ1) is 17.7. The van der Waals surface area contributed by atoms with Gasteiger partial charge in [-0.2, -0.15) is 0 Å². The highest BCUT2D eigenvalue weighted by molar-refractivity contribution is 5.98. The van der Waals surface area contributed by atoms with Crippen molar-refractivity contribution in [2.24, 2.45) is 5.92 Å². The zero-order chi connectivity index (χ0) is 18.8. The van der Waals surface area contributed by atoms with Crippen LogP contribution >= 0.6 is 0 Å². The standard InChI is InChI=1S/C24H20O2/c1-5-6-21-22-12-11-20(17(4)26)14-23(22)15(2)13-24(21)19-9-7-18(8-10-19)16(3)25/h7-12,14,23H,1-4H3. The van der Waals surface area contributed by atoms with E-state index in [0.717, 1.165) is 33.4 Å². The molecule has 2 aliphatic carbocycles. The van der Waals surface area contributed by atoms with E-state index in [9.17, 15) is 9.59 Å². The summed E-state index contributed by atoms with van der Waals surface area (Å²) in [6.07, 6.45) is 5.85. The molecule has 0 N–H and O–H groups in total. The third-order valence-corrected chi connectivity index (χ3v) is 4.69. The number of fused-ring (bicyclic) bond motifs is 1. The first-order chi connectivity index (χ1) is 12.4. The Morgan fingerprint density at radius 3 is 2.31 bits per heavy atom. The van der Waals surface area contributed by atoms with E-state index in [-0.39, 0.29) is 17.5 Å². The summed E-state index contributed by atoms with van der Waals surface area (Å²) < 4.78 is 0. The van der Waals surface area contributed by atoms with E-state index in [1.165, 1.54) is 0 Å². The number of Topliss-reactive ketones (excluding diaryl/α,β-unsaturated/α-hetero) is 2. The van der Waals surface area contributed by atoms with Gasteiger partial charge < -0.3 is 0 Å². The van der Waals surface area contributed by atoms with Gasteiger partial charge in [0.05, 0.1) is 0 Å². The molecular weight excluding hydrogens is 320 g/mol. The Hall–Kier alpha value is -3.14. The summed E-state index contributed by atoms with van der Waals surface area (Å²) in [4.78, 5) is 23.3. The monoisotopic (exact) mass is 340 g/mol. The molecule has 0 bridgehead atoms. The second-order valence-corrected chi connectivity index (χ2v) is 6.51. The molecular formula is C24H20O2. The van der Waals surface area contributed by atoms with Crippen LogP contribution in [0.4, 0.5) is 0 Å². The van der Waals surface area contributed by atoms with Gasteiger partial charge >= 0.3 is 0 Å². The molecule has 128 valence electrons. The molecule has 0 spiro atoms. The molecule has 0 amide bonds. The zero-order valence-electron chi connectivity index (χ0n) is 15.4. The van der Waals surface area contributed by atoms with Crippen LogP contribution in [0, 0.1) is 17.8 Å². The normalized spacial score (nSPS) is 18.2. The van der Waals surface area contributed by atoms with E-state index in [4.69, 9.17) is 0 Å². The predicted molar refractivity (Wildman–Crippen MR) is 104 cm³/mol. The first-order valence-corrected chi connectivity index (χ1v) is 8.59. The number of hydrogen-bond donors (Lipinski definition) is 0. The number of carbonyl (C=O) groups is 2. The predicted octanol–water partition coefficient (Wildman–Crippen LogP) is 4.85. The van der Waals surface area contributed by atoms with Crippen LogP contribution in [0.2, 0.25) is 0 Å². The molecule has 26 heavy (non-hydrogen) atoms. The minimum atomic E-state index is 0.0231. The molecule has 3 rings (SSSR count). The Kier molecular flexibility index (Phi) is 4.76. The minimum absolute atomic E-state index is 0.0231. The molecule has 0 saturated carbocycles. The molecule has 2 nitrogen and oxygen atoms in total. The molecule has 0 aromatic heterocycles. The Bertz CT molecular complexity index is 1020. The summed E-state index contributed by atoms with van der Waals surface area (Å²) in [5.74, 6) is 6.34. The molecule has 1 atom stereocenters. The van der Waals surface area contributed by atoms with E-state index < -0.39 is 0 Å². The summed E-state index contributed by atoms with van der Waals surface area (Å²) in [5.41, 5.74) is 9.86. The van der Waals surface area contributed by atoms with Crippen LogP contribution in [-0.2, 0) is 4.79 Å². The third-order valence-electron chi connectivity index (χ3n) is 4.69. The number of carbonyl (C=O) groups excluding carboxylic acids is 2. The highest BCUT2D eigenvalue weighted by atomic mass is 16.1. The molecule has 0 radical (unpaired) electrons. The number of allylic oxidation sites excluding steroid dienone is 7. The fraction of sp³-hybridized carbons (Fsp3) is 0.208. The van der Waals surface area contributed by atoms with Crippen LogP contribution in [0.5, 0.6) is 0 Å². The quantitative estimate of drug-likeness (QED) is 0.448. The van der Waals surface area contributed by atoms with Gasteiger partial charge in [0.25, 0.3) is 0 Å². The van der Waals surface area contributed by atoms with Crippen molar-refractivity contribution in [1.82, 2.24) is 0 Å². The third kappa shape index (κ3) is 3.18. The smallest absolute Gasteiger partial charge is 0.159 e. The van der Waals surface area contributed by atoms with Crippen LogP contribution in [0.25, 0.3) is 5.57 Å². The minimum Gasteiger partial charge on any atom is -0.295 e. The molecule has 1 aromatic carbocycles. The van der Waals surface area contributed by atoms with Gasteiger partial charge in [0.2, 0.25) is 0 Å². The van der Waals surface area contributed by atoms with Crippen LogP contribution in [0.1, 0.15) is 43.6 Å². The van der Waals surface area contributed by atoms with Crippen molar-refractivity contribution >= 4 is 17.1 Å². The molecule has 2 heteroatoms. The van der Waals surface area contributed by atoms with E-state index in [2.05, 4.69) is 17.6 Å². The van der Waals surface area contributed by atoms with Gasteiger partial charge in [-0.3, -0.25) is 9.59 Å². The van der Waals surface area contributed by atoms with Gasteiger partial charge in [-0.15, -0.1) is 11.7 Å². The van der Waals surface area contributed by atoms with Crippen LogP contribution in [0.15, 0.2) is 70.5 Å². The van der Waals surface area contributed by atoms with Gasteiger partial charge in [-0.05, 0) is 44.4 Å². The molecule has 0 saturated heterocycles. The Morgan fingerprint density at radius 1 is 1.04 bits per heavy atom. The fourth-order valence-corrected chi connectivity index (χ4v) is 3.27. The maximum atomic E-state index is 11.7. The second kappa shape index (κ2) is 7.00. The fourth-order valence-electron chi connectivity index (χ4n) is 3.27. The molecule has 0 aliphatic heterocycles. The topological polar surface area (TPSA) is 34.1 Å². The number of rotatable bonds is 3. The summed E-state index contributed by atoms with van der Waals surface area (Å²) in [7, 11) is 0. The summed E-state index contributed by atoms with van der Waals surface area (Å²) >= 11 is 0. The first-order valence-electron chi connectivity index (χ1n) is 8.59. The summed E-state index contributed by atoms with van der Waals surface area (Å²) in [5, 5.41) is 0.